The van der Waals surface area contributed by atoms with Crippen molar-refractivity contribution in [3.8, 4) is 0 Å². The molecule has 2 N–H and O–H groups in total. The highest BCUT2D eigenvalue weighted by Crippen LogP contribution is 2.25. The van der Waals surface area contributed by atoms with Crippen molar-refractivity contribution in [3.63, 3.8) is 0 Å². The maximum atomic E-state index is 12.7. The number of rotatable bonds is 5. The lowest BCUT2D eigenvalue weighted by molar-refractivity contribution is 0.0765. The summed E-state index contributed by atoms with van der Waals surface area (Å²) in [5.41, 5.74) is 6.85. The summed E-state index contributed by atoms with van der Waals surface area (Å²) in [5, 5.41) is 0. The topological polar surface area (TPSA) is 46.3 Å². The van der Waals surface area contributed by atoms with E-state index in [0.717, 1.165) is 9.35 Å². The number of anilines is 1. The number of carbonyl (C=O) groups is 1. The molecule has 1 heterocycles. The Labute approximate surface area is 141 Å². The highest BCUT2D eigenvalue weighted by atomic mass is 79.9. The Morgan fingerprint density at radius 3 is 2.81 bits per heavy atom. The predicted octanol–water partition coefficient (Wildman–Crippen LogP) is 4.57. The summed E-state index contributed by atoms with van der Waals surface area (Å²) >= 11 is 10.8. The molecule has 1 aromatic carbocycles. The number of halogens is 2. The molecule has 0 saturated carbocycles. The SMILES string of the molecule is C=CCN(Cc1ccc(Cl)s1)C(=O)c1cc(Br)ccc1N. The molecule has 6 heteroatoms. The Balaban J connectivity index is 2.26. The van der Waals surface area contributed by atoms with E-state index in [4.69, 9.17) is 17.3 Å². The summed E-state index contributed by atoms with van der Waals surface area (Å²) in [4.78, 5) is 15.4. The van der Waals surface area contributed by atoms with Gasteiger partial charge < -0.3 is 10.6 Å². The third-order valence-corrected chi connectivity index (χ3v) is 4.57. The summed E-state index contributed by atoms with van der Waals surface area (Å²) in [5.74, 6) is -0.127. The van der Waals surface area contributed by atoms with E-state index < -0.39 is 0 Å². The van der Waals surface area contributed by atoms with Crippen LogP contribution in [0.5, 0.6) is 0 Å². The van der Waals surface area contributed by atoms with Crippen LogP contribution in [0.15, 0.2) is 47.5 Å². The van der Waals surface area contributed by atoms with Crippen molar-refractivity contribution in [2.24, 2.45) is 0 Å². The van der Waals surface area contributed by atoms with Crippen LogP contribution in [-0.2, 0) is 6.54 Å². The number of nitrogens with zero attached hydrogens (tertiary/aromatic N) is 1. The van der Waals surface area contributed by atoms with Crippen molar-refractivity contribution in [1.29, 1.82) is 0 Å². The summed E-state index contributed by atoms with van der Waals surface area (Å²) < 4.78 is 1.52. The molecular formula is C15H14BrClN2OS. The van der Waals surface area contributed by atoms with Crippen molar-refractivity contribution in [2.75, 3.05) is 12.3 Å². The maximum Gasteiger partial charge on any atom is 0.256 e. The first-order valence-corrected chi connectivity index (χ1v) is 8.19. The molecule has 0 spiro atoms. The zero-order valence-electron chi connectivity index (χ0n) is 11.2. The van der Waals surface area contributed by atoms with Crippen LogP contribution in [0.25, 0.3) is 0 Å². The molecule has 1 aromatic heterocycles. The molecule has 0 bridgehead atoms. The summed E-state index contributed by atoms with van der Waals surface area (Å²) in [6.45, 7) is 4.63. The van der Waals surface area contributed by atoms with Gasteiger partial charge in [-0.1, -0.05) is 33.6 Å². The van der Waals surface area contributed by atoms with Gasteiger partial charge in [0, 0.05) is 21.6 Å². The van der Waals surface area contributed by atoms with Crippen LogP contribution in [0.3, 0.4) is 0 Å². The lowest BCUT2D eigenvalue weighted by atomic mass is 10.1. The fourth-order valence-electron chi connectivity index (χ4n) is 1.88. The lowest BCUT2D eigenvalue weighted by Gasteiger charge is -2.21. The van der Waals surface area contributed by atoms with Crippen LogP contribution >= 0.6 is 38.9 Å². The molecule has 2 rings (SSSR count). The van der Waals surface area contributed by atoms with Gasteiger partial charge in [-0.05, 0) is 30.3 Å². The van der Waals surface area contributed by atoms with Crippen LogP contribution in [0, 0.1) is 0 Å². The van der Waals surface area contributed by atoms with E-state index >= 15 is 0 Å². The number of nitrogens with two attached hydrogens (primary N) is 1. The molecule has 3 nitrogen and oxygen atoms in total. The van der Waals surface area contributed by atoms with Crippen molar-refractivity contribution in [2.45, 2.75) is 6.54 Å². The number of carbonyl (C=O) groups excluding carboxylic acids is 1. The third-order valence-electron chi connectivity index (χ3n) is 2.86. The molecule has 21 heavy (non-hydrogen) atoms. The first kappa shape index (κ1) is 16.1. The third kappa shape index (κ3) is 4.09. The molecule has 110 valence electrons. The zero-order valence-corrected chi connectivity index (χ0v) is 14.3. The van der Waals surface area contributed by atoms with Crippen molar-refractivity contribution >= 4 is 50.5 Å². The van der Waals surface area contributed by atoms with E-state index in [2.05, 4.69) is 22.5 Å². The highest BCUT2D eigenvalue weighted by Gasteiger charge is 2.18. The summed E-state index contributed by atoms with van der Waals surface area (Å²) in [6, 6.07) is 9.00. The summed E-state index contributed by atoms with van der Waals surface area (Å²) in [6.07, 6.45) is 1.70. The van der Waals surface area contributed by atoms with Gasteiger partial charge in [0.05, 0.1) is 16.4 Å². The van der Waals surface area contributed by atoms with E-state index in [0.29, 0.717) is 28.7 Å². The molecule has 1 amide bonds. The second-order valence-corrected chi connectivity index (χ2v) is 7.13. The largest absolute Gasteiger partial charge is 0.398 e. The van der Waals surface area contributed by atoms with Gasteiger partial charge in [0.25, 0.3) is 5.91 Å². The molecule has 0 aliphatic rings. The Morgan fingerprint density at radius 2 is 2.19 bits per heavy atom. The van der Waals surface area contributed by atoms with Crippen molar-refractivity contribution in [1.82, 2.24) is 4.90 Å². The smallest absolute Gasteiger partial charge is 0.256 e. The highest BCUT2D eigenvalue weighted by molar-refractivity contribution is 9.10. The monoisotopic (exact) mass is 384 g/mol. The standard InChI is InChI=1S/C15H14BrClN2OS/c1-2-7-19(9-11-4-6-14(17)21-11)15(20)12-8-10(16)3-5-13(12)18/h2-6,8H,1,7,9,18H2. The van der Waals surface area contributed by atoms with Gasteiger partial charge in [-0.2, -0.15) is 0 Å². The summed E-state index contributed by atoms with van der Waals surface area (Å²) in [7, 11) is 0. The number of hydrogen-bond acceptors (Lipinski definition) is 3. The van der Waals surface area contributed by atoms with Crippen molar-refractivity contribution in [3.05, 3.63) is 62.2 Å². The van der Waals surface area contributed by atoms with Gasteiger partial charge in [-0.25, -0.2) is 0 Å². The van der Waals surface area contributed by atoms with E-state index in [9.17, 15) is 4.79 Å². The normalized spacial score (nSPS) is 10.4. The van der Waals surface area contributed by atoms with Crippen LogP contribution in [-0.4, -0.2) is 17.4 Å². The number of thiophene rings is 1. The van der Waals surface area contributed by atoms with Gasteiger partial charge in [-0.15, -0.1) is 17.9 Å². The number of amides is 1. The fraction of sp³-hybridized carbons (Fsp3) is 0.133. The molecule has 2 aromatic rings. The number of hydrogen-bond donors (Lipinski definition) is 1. The Bertz CT molecular complexity index is 671. The first-order valence-electron chi connectivity index (χ1n) is 6.20. The van der Waals surface area contributed by atoms with Crippen LogP contribution in [0.1, 0.15) is 15.2 Å². The molecule has 0 saturated heterocycles. The molecule has 0 radical (unpaired) electrons. The number of benzene rings is 1. The minimum atomic E-state index is -0.127. The quantitative estimate of drug-likeness (QED) is 0.605. The van der Waals surface area contributed by atoms with Gasteiger partial charge in [-0.3, -0.25) is 4.79 Å². The number of nitrogen functional groups attached to an aromatic ring is 1. The average Bonchev–Trinajstić information content (AvgIpc) is 2.86. The van der Waals surface area contributed by atoms with Crippen LogP contribution < -0.4 is 5.73 Å². The Kier molecular flexibility index (Phi) is 5.45. The molecule has 0 aliphatic carbocycles. The minimum Gasteiger partial charge on any atom is -0.398 e. The van der Waals surface area contributed by atoms with Gasteiger partial charge in [0.1, 0.15) is 0 Å². The molecule has 0 unspecified atom stereocenters. The lowest BCUT2D eigenvalue weighted by Crippen LogP contribution is -2.31. The van der Waals surface area contributed by atoms with E-state index in [-0.39, 0.29) is 5.91 Å². The second kappa shape index (κ2) is 7.11. The zero-order chi connectivity index (χ0) is 15.4. The predicted molar refractivity (Wildman–Crippen MR) is 92.8 cm³/mol. The average molecular weight is 386 g/mol. The van der Waals surface area contributed by atoms with Crippen molar-refractivity contribution < 1.29 is 4.79 Å². The molecule has 0 fully saturated rings. The molecule has 0 aliphatic heterocycles. The molecular weight excluding hydrogens is 372 g/mol. The van der Waals surface area contributed by atoms with Gasteiger partial charge in [0.2, 0.25) is 0 Å². The van der Waals surface area contributed by atoms with E-state index in [1.54, 1.807) is 23.1 Å². The molecule has 0 atom stereocenters. The fourth-order valence-corrected chi connectivity index (χ4v) is 3.35. The Hall–Kier alpha value is -1.30. The minimum absolute atomic E-state index is 0.127. The van der Waals surface area contributed by atoms with Gasteiger partial charge >= 0.3 is 0 Å². The van der Waals surface area contributed by atoms with Crippen LogP contribution in [0.4, 0.5) is 5.69 Å². The Morgan fingerprint density at radius 1 is 1.43 bits per heavy atom. The van der Waals surface area contributed by atoms with E-state index in [1.165, 1.54) is 11.3 Å². The van der Waals surface area contributed by atoms with Gasteiger partial charge in [0.15, 0.2) is 0 Å². The van der Waals surface area contributed by atoms with E-state index in [1.807, 2.05) is 18.2 Å². The maximum absolute atomic E-state index is 12.7. The second-order valence-electron chi connectivity index (χ2n) is 4.41. The first-order chi connectivity index (χ1) is 10.0. The van der Waals surface area contributed by atoms with Crippen LogP contribution in [0.2, 0.25) is 4.34 Å².